The number of aliphatic hydroxyl groups excluding tert-OH is 1. The number of aromatic nitrogens is 1. The summed E-state index contributed by atoms with van der Waals surface area (Å²) in [5, 5.41) is 21.4. The molecular formula is C38H50N6O5. The molecule has 49 heavy (non-hydrogen) atoms. The summed E-state index contributed by atoms with van der Waals surface area (Å²) < 4.78 is 0. The van der Waals surface area contributed by atoms with E-state index in [1.807, 2.05) is 69.3 Å². The Bertz CT molecular complexity index is 1630. The van der Waals surface area contributed by atoms with E-state index in [-0.39, 0.29) is 24.6 Å². The number of amides is 4. The first kappa shape index (κ1) is 35.9. The highest BCUT2D eigenvalue weighted by Gasteiger charge is 2.42. The third-order valence-corrected chi connectivity index (χ3v) is 9.67. The Morgan fingerprint density at radius 2 is 1.63 bits per heavy atom. The number of benzene rings is 2. The second-order valence-corrected chi connectivity index (χ2v) is 14.7. The summed E-state index contributed by atoms with van der Waals surface area (Å²) >= 11 is 0. The van der Waals surface area contributed by atoms with Crippen molar-refractivity contribution in [3.05, 3.63) is 78.0 Å². The van der Waals surface area contributed by atoms with E-state index in [1.165, 1.54) is 6.42 Å². The van der Waals surface area contributed by atoms with Crippen LogP contribution >= 0.6 is 0 Å². The van der Waals surface area contributed by atoms with Crippen LogP contribution in [0.15, 0.2) is 66.7 Å². The van der Waals surface area contributed by atoms with E-state index in [4.69, 9.17) is 5.73 Å². The van der Waals surface area contributed by atoms with Crippen molar-refractivity contribution in [2.45, 2.75) is 95.5 Å². The van der Waals surface area contributed by atoms with Crippen molar-refractivity contribution in [2.75, 3.05) is 13.1 Å². The number of hydrogen-bond donors (Lipinski definition) is 5. The second-order valence-electron chi connectivity index (χ2n) is 14.7. The smallest absolute Gasteiger partial charge is 0.270 e. The summed E-state index contributed by atoms with van der Waals surface area (Å²) in [5.74, 6) is -1.20. The van der Waals surface area contributed by atoms with Gasteiger partial charge in [-0.25, -0.2) is 4.98 Å². The highest BCUT2D eigenvalue weighted by Crippen LogP contribution is 2.39. The average Bonchev–Trinajstić information content (AvgIpc) is 3.06. The number of aliphatic hydroxyl groups is 1. The van der Waals surface area contributed by atoms with Crippen LogP contribution in [0.1, 0.15) is 75.3 Å². The van der Waals surface area contributed by atoms with Gasteiger partial charge >= 0.3 is 0 Å². The molecule has 4 amide bonds. The maximum Gasteiger partial charge on any atom is 0.270 e. The molecule has 1 aromatic heterocycles. The molecule has 2 heterocycles. The Morgan fingerprint density at radius 1 is 0.939 bits per heavy atom. The first-order valence-corrected chi connectivity index (χ1v) is 17.4. The lowest BCUT2D eigenvalue weighted by Gasteiger charge is -2.47. The standard InChI is InChI=1S/C38H50N6O5/c1-38(2,3)43-37(49)32-20-26-14-7-8-15-27(26)22-44(32)23-33(45)30(19-24-11-5-4-6-12-24)41-36(48)31(21-34(39)46)42-35(47)29-18-17-25-13-9-10-16-28(25)40-29/h4-6,9-13,16-18,26-27,30-33,45H,7-8,14-15,19-23H2,1-3H3,(H2,39,46)(H,41,48)(H,42,47)(H,43,49)/t26-,27+,30+,31+,32+,33-/m1/s1. The quantitative estimate of drug-likeness (QED) is 0.198. The highest BCUT2D eigenvalue weighted by molar-refractivity contribution is 5.99. The van der Waals surface area contributed by atoms with Crippen LogP contribution in [0.2, 0.25) is 0 Å². The van der Waals surface area contributed by atoms with Gasteiger partial charge in [-0.2, -0.15) is 0 Å². The highest BCUT2D eigenvalue weighted by atomic mass is 16.3. The van der Waals surface area contributed by atoms with E-state index in [0.717, 1.165) is 36.6 Å². The van der Waals surface area contributed by atoms with Crippen molar-refractivity contribution in [1.82, 2.24) is 25.8 Å². The third-order valence-electron chi connectivity index (χ3n) is 9.67. The zero-order valence-electron chi connectivity index (χ0n) is 28.7. The number of carbonyl (C=O) groups is 4. The number of piperidine rings is 1. The fourth-order valence-electron chi connectivity index (χ4n) is 7.26. The van der Waals surface area contributed by atoms with Crippen LogP contribution in [0.5, 0.6) is 0 Å². The number of likely N-dealkylation sites (tertiary alicyclic amines) is 1. The number of nitrogens with zero attached hydrogens (tertiary/aromatic N) is 2. The minimum atomic E-state index is -1.30. The van der Waals surface area contributed by atoms with E-state index in [0.29, 0.717) is 23.9 Å². The molecule has 1 saturated heterocycles. The lowest BCUT2D eigenvalue weighted by atomic mass is 9.72. The predicted molar refractivity (Wildman–Crippen MR) is 188 cm³/mol. The van der Waals surface area contributed by atoms with Gasteiger partial charge in [0.15, 0.2) is 0 Å². The second kappa shape index (κ2) is 15.9. The normalized spacial score (nSPS) is 21.5. The van der Waals surface area contributed by atoms with E-state index >= 15 is 0 Å². The molecule has 0 radical (unpaired) electrons. The Morgan fingerprint density at radius 3 is 2.35 bits per heavy atom. The molecule has 1 aliphatic carbocycles. The molecule has 2 aromatic carbocycles. The number of nitrogens with two attached hydrogens (primary N) is 1. The van der Waals surface area contributed by atoms with Crippen LogP contribution in [0.4, 0.5) is 0 Å². The molecule has 2 fully saturated rings. The molecule has 2 aliphatic rings. The number of hydrogen-bond acceptors (Lipinski definition) is 7. The van der Waals surface area contributed by atoms with Gasteiger partial charge in [0.25, 0.3) is 5.91 Å². The minimum absolute atomic E-state index is 0.0566. The summed E-state index contributed by atoms with van der Waals surface area (Å²) in [7, 11) is 0. The van der Waals surface area contributed by atoms with Gasteiger partial charge in [0.1, 0.15) is 11.7 Å². The molecule has 6 atom stereocenters. The van der Waals surface area contributed by atoms with Crippen LogP contribution in [-0.4, -0.2) is 81.5 Å². The molecule has 262 valence electrons. The number of carbonyl (C=O) groups excluding carboxylic acids is 4. The fraction of sp³-hybridized carbons (Fsp3) is 0.500. The number of nitrogens with one attached hydrogen (secondary N) is 3. The maximum absolute atomic E-state index is 13.8. The Kier molecular flexibility index (Phi) is 11.7. The number of primary amides is 1. The molecule has 6 N–H and O–H groups in total. The van der Waals surface area contributed by atoms with Crippen LogP contribution in [0, 0.1) is 11.8 Å². The Balaban J connectivity index is 1.35. The van der Waals surface area contributed by atoms with Crippen molar-refractivity contribution in [2.24, 2.45) is 17.6 Å². The van der Waals surface area contributed by atoms with Gasteiger partial charge in [-0.15, -0.1) is 0 Å². The zero-order chi connectivity index (χ0) is 35.1. The molecule has 11 heteroatoms. The Hall–Kier alpha value is -4.35. The number of rotatable bonds is 12. The van der Waals surface area contributed by atoms with Crippen molar-refractivity contribution in [3.63, 3.8) is 0 Å². The third kappa shape index (κ3) is 9.86. The number of pyridine rings is 1. The first-order chi connectivity index (χ1) is 23.4. The molecule has 3 aromatic rings. The SMILES string of the molecule is CC(C)(C)NC(=O)[C@@H]1C[C@H]2CCCC[C@H]2CN1C[C@@H](O)[C@H](Cc1ccccc1)NC(=O)[C@H](CC(N)=O)NC(=O)c1ccc2ccccc2n1. The van der Waals surface area contributed by atoms with Crippen molar-refractivity contribution >= 4 is 34.5 Å². The maximum atomic E-state index is 13.8. The lowest BCUT2D eigenvalue weighted by Crippen LogP contribution is -2.61. The summed E-state index contributed by atoms with van der Waals surface area (Å²) in [5.41, 5.74) is 6.70. The molecule has 1 saturated carbocycles. The topological polar surface area (TPSA) is 167 Å². The van der Waals surface area contributed by atoms with Gasteiger partial charge in [0, 0.05) is 24.0 Å². The first-order valence-electron chi connectivity index (χ1n) is 17.4. The molecule has 5 rings (SSSR count). The lowest BCUT2D eigenvalue weighted by molar-refractivity contribution is -0.133. The molecular weight excluding hydrogens is 620 g/mol. The summed E-state index contributed by atoms with van der Waals surface area (Å²) in [4.78, 5) is 59.3. The fourth-order valence-corrected chi connectivity index (χ4v) is 7.26. The molecule has 0 spiro atoms. The summed E-state index contributed by atoms with van der Waals surface area (Å²) in [6.07, 6.45) is 4.03. The molecule has 0 bridgehead atoms. The number of fused-ring (bicyclic) bond motifs is 2. The van der Waals surface area contributed by atoms with Crippen LogP contribution in [-0.2, 0) is 20.8 Å². The minimum Gasteiger partial charge on any atom is -0.390 e. The zero-order valence-corrected chi connectivity index (χ0v) is 28.7. The Labute approximate surface area is 288 Å². The van der Waals surface area contributed by atoms with Gasteiger partial charge in [-0.3, -0.25) is 24.1 Å². The number of para-hydroxylation sites is 1. The molecule has 0 unspecified atom stereocenters. The van der Waals surface area contributed by atoms with E-state index in [2.05, 4.69) is 25.8 Å². The van der Waals surface area contributed by atoms with E-state index in [1.54, 1.807) is 18.2 Å². The van der Waals surface area contributed by atoms with Crippen molar-refractivity contribution < 1.29 is 24.3 Å². The summed E-state index contributed by atoms with van der Waals surface area (Å²) in [6.45, 7) is 6.73. The van der Waals surface area contributed by atoms with Crippen molar-refractivity contribution in [1.29, 1.82) is 0 Å². The van der Waals surface area contributed by atoms with Gasteiger partial charge < -0.3 is 26.8 Å². The largest absolute Gasteiger partial charge is 0.390 e. The van der Waals surface area contributed by atoms with Gasteiger partial charge in [-0.1, -0.05) is 73.9 Å². The van der Waals surface area contributed by atoms with Crippen LogP contribution < -0.4 is 21.7 Å². The van der Waals surface area contributed by atoms with Crippen LogP contribution in [0.3, 0.4) is 0 Å². The van der Waals surface area contributed by atoms with E-state index in [9.17, 15) is 24.3 Å². The van der Waals surface area contributed by atoms with Crippen molar-refractivity contribution in [3.8, 4) is 0 Å². The monoisotopic (exact) mass is 670 g/mol. The summed E-state index contributed by atoms with van der Waals surface area (Å²) in [6, 6.07) is 17.6. The van der Waals surface area contributed by atoms with Gasteiger partial charge in [-0.05, 0) is 69.6 Å². The number of β-amino-alcohol motifs (C(OH)–C–C–N with tert-alkyl or cyclic N) is 1. The van der Waals surface area contributed by atoms with Gasteiger partial charge in [0.05, 0.1) is 30.1 Å². The predicted octanol–water partition coefficient (Wildman–Crippen LogP) is 3.09. The van der Waals surface area contributed by atoms with Crippen LogP contribution in [0.25, 0.3) is 10.9 Å². The molecule has 11 nitrogen and oxygen atoms in total. The van der Waals surface area contributed by atoms with E-state index < -0.39 is 53.9 Å². The molecule has 1 aliphatic heterocycles. The average molecular weight is 671 g/mol. The van der Waals surface area contributed by atoms with Gasteiger partial charge in [0.2, 0.25) is 17.7 Å².